The topological polar surface area (TPSA) is 32.3 Å². The predicted octanol–water partition coefficient (Wildman–Crippen LogP) is 4.07. The molecule has 0 spiro atoms. The van der Waals surface area contributed by atoms with Crippen LogP contribution in [0.2, 0.25) is 10.0 Å². The summed E-state index contributed by atoms with van der Waals surface area (Å²) in [5.74, 6) is -0.152. The fourth-order valence-corrected chi connectivity index (χ4v) is 2.13. The molecule has 0 fully saturated rings. The van der Waals surface area contributed by atoms with Crippen LogP contribution < -0.4 is 10.2 Å². The highest BCUT2D eigenvalue weighted by molar-refractivity contribution is 6.44. The molecule has 5 heteroatoms. The molecule has 2 aromatic carbocycles. The van der Waals surface area contributed by atoms with E-state index in [9.17, 15) is 4.79 Å². The quantitative estimate of drug-likeness (QED) is 0.923. The molecule has 0 bridgehead atoms. The summed E-state index contributed by atoms with van der Waals surface area (Å²) in [4.78, 5) is 13.9. The maximum atomic E-state index is 12.0. The molecule has 0 aromatic heterocycles. The van der Waals surface area contributed by atoms with Crippen molar-refractivity contribution < 1.29 is 4.79 Å². The predicted molar refractivity (Wildman–Crippen MR) is 84.8 cm³/mol. The third-order valence-electron chi connectivity index (χ3n) is 2.80. The second-order valence-corrected chi connectivity index (χ2v) is 5.13. The van der Waals surface area contributed by atoms with Crippen molar-refractivity contribution in [2.45, 2.75) is 0 Å². The Morgan fingerprint density at radius 1 is 1.10 bits per heavy atom. The number of para-hydroxylation sites is 1. The number of anilines is 2. The minimum Gasteiger partial charge on any atom is -0.365 e. The summed E-state index contributed by atoms with van der Waals surface area (Å²) < 4.78 is 0. The van der Waals surface area contributed by atoms with Crippen LogP contribution in [0.5, 0.6) is 0 Å². The molecular weight excluding hydrogens is 295 g/mol. The van der Waals surface area contributed by atoms with Gasteiger partial charge in [0, 0.05) is 12.7 Å². The van der Waals surface area contributed by atoms with Crippen LogP contribution in [-0.2, 0) is 4.79 Å². The Balaban J connectivity index is 2.01. The Bertz CT molecular complexity index is 602. The molecule has 0 saturated heterocycles. The van der Waals surface area contributed by atoms with Gasteiger partial charge in [-0.05, 0) is 24.3 Å². The SMILES string of the molecule is CN(CC(=O)Nc1cccc(Cl)c1Cl)c1ccccc1. The normalized spacial score (nSPS) is 10.2. The molecule has 0 saturated carbocycles. The summed E-state index contributed by atoms with van der Waals surface area (Å²) in [7, 11) is 1.86. The van der Waals surface area contributed by atoms with Crippen molar-refractivity contribution in [3.05, 3.63) is 58.6 Å². The van der Waals surface area contributed by atoms with E-state index in [0.717, 1.165) is 5.69 Å². The van der Waals surface area contributed by atoms with Crippen LogP contribution in [0, 0.1) is 0 Å². The highest BCUT2D eigenvalue weighted by Gasteiger charge is 2.10. The number of carbonyl (C=O) groups is 1. The van der Waals surface area contributed by atoms with Gasteiger partial charge in [-0.15, -0.1) is 0 Å². The first-order valence-corrected chi connectivity index (χ1v) is 6.83. The summed E-state index contributed by atoms with van der Waals surface area (Å²) in [6.45, 7) is 0.229. The van der Waals surface area contributed by atoms with Crippen LogP contribution in [0.25, 0.3) is 0 Å². The van der Waals surface area contributed by atoms with E-state index in [1.54, 1.807) is 18.2 Å². The number of hydrogen-bond donors (Lipinski definition) is 1. The zero-order chi connectivity index (χ0) is 14.5. The molecule has 0 aliphatic rings. The molecule has 20 heavy (non-hydrogen) atoms. The summed E-state index contributed by atoms with van der Waals surface area (Å²) in [6, 6.07) is 14.8. The van der Waals surface area contributed by atoms with Gasteiger partial charge in [0.1, 0.15) is 0 Å². The third kappa shape index (κ3) is 3.65. The van der Waals surface area contributed by atoms with Crippen molar-refractivity contribution >= 4 is 40.5 Å². The van der Waals surface area contributed by atoms with Crippen LogP contribution in [0.3, 0.4) is 0 Å². The van der Waals surface area contributed by atoms with Crippen molar-refractivity contribution in [2.75, 3.05) is 23.8 Å². The number of nitrogens with one attached hydrogen (secondary N) is 1. The van der Waals surface area contributed by atoms with Crippen LogP contribution in [0.15, 0.2) is 48.5 Å². The Labute approximate surface area is 128 Å². The van der Waals surface area contributed by atoms with E-state index in [1.165, 1.54) is 0 Å². The van der Waals surface area contributed by atoms with E-state index >= 15 is 0 Å². The van der Waals surface area contributed by atoms with Gasteiger partial charge in [-0.3, -0.25) is 4.79 Å². The van der Waals surface area contributed by atoms with Gasteiger partial charge < -0.3 is 10.2 Å². The van der Waals surface area contributed by atoms with Gasteiger partial charge in [0.15, 0.2) is 0 Å². The lowest BCUT2D eigenvalue weighted by Gasteiger charge is -2.19. The van der Waals surface area contributed by atoms with E-state index < -0.39 is 0 Å². The van der Waals surface area contributed by atoms with Gasteiger partial charge in [-0.2, -0.15) is 0 Å². The maximum Gasteiger partial charge on any atom is 0.243 e. The van der Waals surface area contributed by atoms with Crippen molar-refractivity contribution in [3.8, 4) is 0 Å². The molecule has 0 heterocycles. The Hall–Kier alpha value is -1.71. The molecule has 0 aliphatic carbocycles. The number of carbonyl (C=O) groups excluding carboxylic acids is 1. The second-order valence-electron chi connectivity index (χ2n) is 4.34. The molecule has 1 amide bonds. The van der Waals surface area contributed by atoms with Gasteiger partial charge in [0.25, 0.3) is 0 Å². The van der Waals surface area contributed by atoms with Crippen molar-refractivity contribution in [3.63, 3.8) is 0 Å². The van der Waals surface area contributed by atoms with Gasteiger partial charge in [0.2, 0.25) is 5.91 Å². The summed E-state index contributed by atoms with van der Waals surface area (Å²) >= 11 is 11.9. The molecule has 2 rings (SSSR count). The Morgan fingerprint density at radius 3 is 2.50 bits per heavy atom. The maximum absolute atomic E-state index is 12.0. The monoisotopic (exact) mass is 308 g/mol. The van der Waals surface area contributed by atoms with E-state index in [0.29, 0.717) is 15.7 Å². The molecule has 1 N–H and O–H groups in total. The smallest absolute Gasteiger partial charge is 0.243 e. The van der Waals surface area contributed by atoms with Crippen LogP contribution in [0.4, 0.5) is 11.4 Å². The average molecular weight is 309 g/mol. The van der Waals surface area contributed by atoms with Gasteiger partial charge in [0.05, 0.1) is 22.3 Å². The largest absolute Gasteiger partial charge is 0.365 e. The fraction of sp³-hybridized carbons (Fsp3) is 0.133. The first kappa shape index (κ1) is 14.7. The minimum atomic E-state index is -0.152. The summed E-state index contributed by atoms with van der Waals surface area (Å²) in [5, 5.41) is 3.52. The molecule has 0 atom stereocenters. The zero-order valence-electron chi connectivity index (χ0n) is 10.9. The van der Waals surface area contributed by atoms with Crippen LogP contribution in [-0.4, -0.2) is 19.5 Å². The van der Waals surface area contributed by atoms with Crippen molar-refractivity contribution in [2.24, 2.45) is 0 Å². The molecule has 104 valence electrons. The van der Waals surface area contributed by atoms with Crippen LogP contribution >= 0.6 is 23.2 Å². The molecule has 0 aliphatic heterocycles. The number of hydrogen-bond acceptors (Lipinski definition) is 2. The number of rotatable bonds is 4. The fourth-order valence-electron chi connectivity index (χ4n) is 1.78. The molecule has 3 nitrogen and oxygen atoms in total. The first-order valence-electron chi connectivity index (χ1n) is 6.08. The lowest BCUT2D eigenvalue weighted by molar-refractivity contribution is -0.114. The van der Waals surface area contributed by atoms with E-state index in [2.05, 4.69) is 5.32 Å². The number of nitrogens with zero attached hydrogens (tertiary/aromatic N) is 1. The summed E-state index contributed by atoms with van der Waals surface area (Å²) in [6.07, 6.45) is 0. The Kier molecular flexibility index (Phi) is 4.88. The highest BCUT2D eigenvalue weighted by Crippen LogP contribution is 2.29. The number of amides is 1. The van der Waals surface area contributed by atoms with Gasteiger partial charge in [-0.1, -0.05) is 47.5 Å². The Morgan fingerprint density at radius 2 is 1.80 bits per heavy atom. The van der Waals surface area contributed by atoms with Crippen LogP contribution in [0.1, 0.15) is 0 Å². The van der Waals surface area contributed by atoms with Gasteiger partial charge in [-0.25, -0.2) is 0 Å². The summed E-state index contributed by atoms with van der Waals surface area (Å²) in [5.41, 5.74) is 1.49. The lowest BCUT2D eigenvalue weighted by atomic mass is 10.3. The van der Waals surface area contributed by atoms with E-state index in [-0.39, 0.29) is 12.5 Å². The standard InChI is InChI=1S/C15H14Cl2N2O/c1-19(11-6-3-2-4-7-11)10-14(20)18-13-9-5-8-12(16)15(13)17/h2-9H,10H2,1H3,(H,18,20). The highest BCUT2D eigenvalue weighted by atomic mass is 35.5. The number of halogens is 2. The molecule has 0 unspecified atom stereocenters. The van der Waals surface area contributed by atoms with Crippen molar-refractivity contribution in [1.29, 1.82) is 0 Å². The van der Waals surface area contributed by atoms with Crippen molar-refractivity contribution in [1.82, 2.24) is 0 Å². The second kappa shape index (κ2) is 6.64. The third-order valence-corrected chi connectivity index (χ3v) is 3.62. The van der Waals surface area contributed by atoms with E-state index in [4.69, 9.17) is 23.2 Å². The zero-order valence-corrected chi connectivity index (χ0v) is 12.4. The number of benzene rings is 2. The number of likely N-dealkylation sites (N-methyl/N-ethyl adjacent to an activating group) is 1. The lowest BCUT2D eigenvalue weighted by Crippen LogP contribution is -2.30. The van der Waals surface area contributed by atoms with Gasteiger partial charge >= 0.3 is 0 Å². The first-order chi connectivity index (χ1) is 9.58. The molecule has 2 aromatic rings. The minimum absolute atomic E-state index is 0.152. The molecule has 0 radical (unpaired) electrons. The molecular formula is C15H14Cl2N2O. The van der Waals surface area contributed by atoms with E-state index in [1.807, 2.05) is 42.3 Å². The average Bonchev–Trinajstić information content (AvgIpc) is 2.45.